The van der Waals surface area contributed by atoms with E-state index in [1.54, 1.807) is 24.3 Å². The van der Waals surface area contributed by atoms with Gasteiger partial charge in [0, 0.05) is 5.50 Å². The Labute approximate surface area is 111 Å². The molecule has 2 aromatic rings. The van der Waals surface area contributed by atoms with E-state index in [0.29, 0.717) is 5.50 Å². The van der Waals surface area contributed by atoms with Gasteiger partial charge in [0.15, 0.2) is 0 Å². The molecule has 2 aromatic carbocycles. The van der Waals surface area contributed by atoms with Gasteiger partial charge >= 0.3 is 0 Å². The van der Waals surface area contributed by atoms with E-state index in [4.69, 9.17) is 11.6 Å². The van der Waals surface area contributed by atoms with E-state index in [1.807, 2.05) is 0 Å². The molecule has 0 nitrogen and oxygen atoms in total. The molecular weight excluding hydrogens is 270 g/mol. The third-order valence-electron chi connectivity index (χ3n) is 3.23. The number of benzene rings is 2. The summed E-state index contributed by atoms with van der Waals surface area (Å²) >= 11 is 6.13. The Kier molecular flexibility index (Phi) is 3.83. The Morgan fingerprint density at radius 3 is 1.44 bits per heavy atom. The Hall–Kier alpha value is -1.19. The third kappa shape index (κ3) is 2.47. The summed E-state index contributed by atoms with van der Waals surface area (Å²) in [6.07, 6.45) is 0. The average molecular weight is 283 g/mol. The summed E-state index contributed by atoms with van der Waals surface area (Å²) in [5, 5.41) is 2.09. The monoisotopic (exact) mass is 282 g/mol. The van der Waals surface area contributed by atoms with E-state index in [2.05, 4.69) is 6.55 Å². The van der Waals surface area contributed by atoms with Gasteiger partial charge in [-0.05, 0) is 24.3 Å². The maximum absolute atomic E-state index is 13.0. The van der Waals surface area contributed by atoms with Gasteiger partial charge < -0.3 is 0 Å². The van der Waals surface area contributed by atoms with Crippen LogP contribution in [0.1, 0.15) is 0 Å². The van der Waals surface area contributed by atoms with E-state index in [0.717, 1.165) is 10.4 Å². The molecule has 0 fully saturated rings. The maximum Gasteiger partial charge on any atom is 0.129 e. The topological polar surface area (TPSA) is 0 Å². The first kappa shape index (κ1) is 13.2. The van der Waals surface area contributed by atoms with Crippen LogP contribution in [0.15, 0.2) is 48.5 Å². The lowest BCUT2D eigenvalue weighted by Gasteiger charge is -2.26. The fourth-order valence-electron chi connectivity index (χ4n) is 1.96. The zero-order chi connectivity index (χ0) is 13.2. The average Bonchev–Trinajstić information content (AvgIpc) is 2.39. The molecule has 18 heavy (non-hydrogen) atoms. The van der Waals surface area contributed by atoms with E-state index < -0.39 is 8.07 Å². The smallest absolute Gasteiger partial charge is 0.129 e. The zero-order valence-electron chi connectivity index (χ0n) is 9.96. The minimum atomic E-state index is -2.09. The molecule has 0 radical (unpaired) electrons. The first-order valence-corrected chi connectivity index (χ1v) is 8.88. The Morgan fingerprint density at radius 1 is 0.833 bits per heavy atom. The molecule has 0 N–H and O–H groups in total. The summed E-state index contributed by atoms with van der Waals surface area (Å²) in [5.41, 5.74) is 0.476. The first-order valence-electron chi connectivity index (χ1n) is 5.64. The molecule has 0 amide bonds. The minimum absolute atomic E-state index is 0.260. The quantitative estimate of drug-likeness (QED) is 0.600. The van der Waals surface area contributed by atoms with Crippen LogP contribution in [-0.2, 0) is 0 Å². The zero-order valence-corrected chi connectivity index (χ0v) is 11.7. The van der Waals surface area contributed by atoms with Gasteiger partial charge in [-0.15, -0.1) is 11.6 Å². The van der Waals surface area contributed by atoms with Crippen molar-refractivity contribution in [2.24, 2.45) is 0 Å². The largest absolute Gasteiger partial charge is 0.207 e. The molecule has 0 saturated heterocycles. The van der Waals surface area contributed by atoms with Crippen molar-refractivity contribution in [3.8, 4) is 0 Å². The SMILES string of the molecule is C[Si](CCl)(c1ccc(F)cc1)c1ccc(F)cc1. The molecule has 0 aromatic heterocycles. The van der Waals surface area contributed by atoms with E-state index in [-0.39, 0.29) is 11.6 Å². The van der Waals surface area contributed by atoms with Gasteiger partial charge in [-0.25, -0.2) is 8.78 Å². The highest BCUT2D eigenvalue weighted by atomic mass is 35.5. The highest BCUT2D eigenvalue weighted by Crippen LogP contribution is 2.09. The normalized spacial score (nSPS) is 11.6. The summed E-state index contributed by atoms with van der Waals surface area (Å²) < 4.78 is 25.9. The fraction of sp³-hybridized carbons (Fsp3) is 0.143. The van der Waals surface area contributed by atoms with Crippen molar-refractivity contribution in [3.63, 3.8) is 0 Å². The molecule has 0 aliphatic carbocycles. The molecule has 0 aliphatic rings. The summed E-state index contributed by atoms with van der Waals surface area (Å²) in [5.74, 6) is -0.521. The molecule has 94 valence electrons. The number of hydrogen-bond donors (Lipinski definition) is 0. The number of rotatable bonds is 3. The van der Waals surface area contributed by atoms with E-state index in [1.165, 1.54) is 24.3 Å². The van der Waals surface area contributed by atoms with Crippen molar-refractivity contribution in [1.29, 1.82) is 0 Å². The molecule has 0 spiro atoms. The second-order valence-electron chi connectivity index (χ2n) is 4.48. The minimum Gasteiger partial charge on any atom is -0.207 e. The van der Waals surface area contributed by atoms with E-state index >= 15 is 0 Å². The molecule has 0 aliphatic heterocycles. The van der Waals surface area contributed by atoms with Crippen LogP contribution >= 0.6 is 11.6 Å². The van der Waals surface area contributed by atoms with Gasteiger partial charge in [0.25, 0.3) is 0 Å². The van der Waals surface area contributed by atoms with Gasteiger partial charge in [-0.3, -0.25) is 0 Å². The van der Waals surface area contributed by atoms with Crippen LogP contribution in [0.4, 0.5) is 8.78 Å². The van der Waals surface area contributed by atoms with Crippen LogP contribution in [0.5, 0.6) is 0 Å². The Bertz CT molecular complexity index is 477. The van der Waals surface area contributed by atoms with Crippen molar-refractivity contribution in [2.45, 2.75) is 6.55 Å². The fourth-order valence-corrected chi connectivity index (χ4v) is 5.33. The second kappa shape index (κ2) is 5.20. The van der Waals surface area contributed by atoms with Crippen LogP contribution in [-0.4, -0.2) is 13.6 Å². The summed E-state index contributed by atoms with van der Waals surface area (Å²) in [6.45, 7) is 2.10. The second-order valence-corrected chi connectivity index (χ2v) is 9.37. The van der Waals surface area contributed by atoms with E-state index in [9.17, 15) is 8.78 Å². The van der Waals surface area contributed by atoms with Gasteiger partial charge in [0.2, 0.25) is 0 Å². The highest BCUT2D eigenvalue weighted by molar-refractivity contribution is 7.04. The molecule has 0 heterocycles. The van der Waals surface area contributed by atoms with Gasteiger partial charge in [0.1, 0.15) is 19.7 Å². The lowest BCUT2D eigenvalue weighted by molar-refractivity contribution is 0.628. The van der Waals surface area contributed by atoms with Crippen molar-refractivity contribution in [1.82, 2.24) is 0 Å². The highest BCUT2D eigenvalue weighted by Gasteiger charge is 2.30. The van der Waals surface area contributed by atoms with Gasteiger partial charge in [-0.1, -0.05) is 41.2 Å². The molecule has 0 saturated carbocycles. The predicted molar refractivity (Wildman–Crippen MR) is 74.4 cm³/mol. The number of alkyl halides is 1. The van der Waals surface area contributed by atoms with Crippen molar-refractivity contribution in [2.75, 3.05) is 5.50 Å². The summed E-state index contributed by atoms with van der Waals surface area (Å²) in [7, 11) is -2.09. The summed E-state index contributed by atoms with van der Waals surface area (Å²) in [6, 6.07) is 12.8. The van der Waals surface area contributed by atoms with Crippen LogP contribution in [0.3, 0.4) is 0 Å². The Balaban J connectivity index is 2.47. The molecular formula is C14H13ClF2Si. The maximum atomic E-state index is 13.0. The van der Waals surface area contributed by atoms with Crippen LogP contribution < -0.4 is 10.4 Å². The number of halogens is 3. The van der Waals surface area contributed by atoms with Crippen LogP contribution in [0.25, 0.3) is 0 Å². The first-order chi connectivity index (χ1) is 8.56. The number of hydrogen-bond acceptors (Lipinski definition) is 0. The summed E-state index contributed by atoms with van der Waals surface area (Å²) in [4.78, 5) is 0. The van der Waals surface area contributed by atoms with Crippen molar-refractivity contribution < 1.29 is 8.78 Å². The third-order valence-corrected chi connectivity index (χ3v) is 8.58. The van der Waals surface area contributed by atoms with Crippen molar-refractivity contribution >= 4 is 30.0 Å². The standard InChI is InChI=1S/C14H13ClF2Si/c1-18(10-15,13-6-2-11(16)3-7-13)14-8-4-12(17)5-9-14/h2-9H,10H2,1H3. The van der Waals surface area contributed by atoms with Crippen molar-refractivity contribution in [3.05, 3.63) is 60.2 Å². The van der Waals surface area contributed by atoms with Gasteiger partial charge in [0.05, 0.1) is 0 Å². The molecule has 2 rings (SSSR count). The lowest BCUT2D eigenvalue weighted by Crippen LogP contribution is -2.57. The molecule has 0 bridgehead atoms. The van der Waals surface area contributed by atoms with Crippen LogP contribution in [0, 0.1) is 11.6 Å². The van der Waals surface area contributed by atoms with Crippen LogP contribution in [0.2, 0.25) is 6.55 Å². The lowest BCUT2D eigenvalue weighted by atomic mass is 10.3. The molecule has 0 unspecified atom stereocenters. The van der Waals surface area contributed by atoms with Gasteiger partial charge in [-0.2, -0.15) is 0 Å². The Morgan fingerprint density at radius 2 is 1.17 bits per heavy atom. The molecule has 0 atom stereocenters. The molecule has 4 heteroatoms. The predicted octanol–water partition coefficient (Wildman–Crippen LogP) is 2.94.